The lowest BCUT2D eigenvalue weighted by molar-refractivity contribution is -0.0554. The van der Waals surface area contributed by atoms with Gasteiger partial charge in [0.1, 0.15) is 5.60 Å². The Morgan fingerprint density at radius 1 is 1.20 bits per heavy atom. The number of rotatable bonds is 2. The minimum absolute atomic E-state index is 0.289. The Hall–Kier alpha value is -1.72. The standard InChI is InChI=1S/C15H18N4O/c20-15(7-9-18-8-6-12(15)11-18)14-10-16-17-19(14)13-4-2-1-3-5-13/h1-5,10,12,20H,6-9,11H2. The molecule has 0 spiro atoms. The van der Waals surface area contributed by atoms with E-state index >= 15 is 0 Å². The summed E-state index contributed by atoms with van der Waals surface area (Å²) < 4.78 is 1.79. The van der Waals surface area contributed by atoms with E-state index in [1.54, 1.807) is 10.9 Å². The van der Waals surface area contributed by atoms with Gasteiger partial charge in [-0.3, -0.25) is 0 Å². The Bertz CT molecular complexity index is 611. The highest BCUT2D eigenvalue weighted by Crippen LogP contribution is 2.42. The van der Waals surface area contributed by atoms with Gasteiger partial charge < -0.3 is 10.0 Å². The third-order valence-corrected chi connectivity index (χ3v) is 4.75. The number of hydrogen-bond acceptors (Lipinski definition) is 4. The maximum absolute atomic E-state index is 11.2. The number of fused-ring (bicyclic) bond motifs is 2. The van der Waals surface area contributed by atoms with Crippen LogP contribution in [0.5, 0.6) is 0 Å². The summed E-state index contributed by atoms with van der Waals surface area (Å²) in [6, 6.07) is 9.91. The molecular weight excluding hydrogens is 252 g/mol. The predicted octanol–water partition coefficient (Wildman–Crippen LogP) is 1.18. The van der Waals surface area contributed by atoms with Gasteiger partial charge in [0.05, 0.1) is 17.6 Å². The minimum atomic E-state index is -0.799. The van der Waals surface area contributed by atoms with Gasteiger partial charge in [0.25, 0.3) is 0 Å². The summed E-state index contributed by atoms with van der Waals surface area (Å²) in [6.45, 7) is 3.03. The van der Waals surface area contributed by atoms with Crippen LogP contribution in [-0.4, -0.2) is 44.6 Å². The first-order valence-corrected chi connectivity index (χ1v) is 7.19. The summed E-state index contributed by atoms with van der Waals surface area (Å²) in [5.74, 6) is 0.289. The molecule has 5 nitrogen and oxygen atoms in total. The molecule has 2 bridgehead atoms. The van der Waals surface area contributed by atoms with Crippen LogP contribution in [0.3, 0.4) is 0 Å². The maximum atomic E-state index is 11.2. The molecule has 0 radical (unpaired) electrons. The van der Waals surface area contributed by atoms with E-state index in [2.05, 4.69) is 15.2 Å². The lowest BCUT2D eigenvalue weighted by Crippen LogP contribution is -2.45. The highest BCUT2D eigenvalue weighted by atomic mass is 16.3. The van der Waals surface area contributed by atoms with Crippen LogP contribution in [0.4, 0.5) is 0 Å². The van der Waals surface area contributed by atoms with Crippen molar-refractivity contribution in [2.45, 2.75) is 18.4 Å². The molecule has 3 atom stereocenters. The van der Waals surface area contributed by atoms with Crippen LogP contribution >= 0.6 is 0 Å². The van der Waals surface area contributed by atoms with Crippen LogP contribution < -0.4 is 0 Å². The average molecular weight is 270 g/mol. The number of nitrogens with zero attached hydrogens (tertiary/aromatic N) is 4. The fourth-order valence-corrected chi connectivity index (χ4v) is 3.59. The van der Waals surface area contributed by atoms with Crippen LogP contribution in [0.2, 0.25) is 0 Å². The Kier molecular flexibility index (Phi) is 2.65. The molecule has 1 N–H and O–H groups in total. The minimum Gasteiger partial charge on any atom is -0.383 e. The Balaban J connectivity index is 1.78. The zero-order valence-electron chi connectivity index (χ0n) is 11.3. The number of aliphatic hydroxyl groups is 1. The van der Waals surface area contributed by atoms with Gasteiger partial charge in [-0.2, -0.15) is 0 Å². The van der Waals surface area contributed by atoms with Gasteiger partial charge in [-0.05, 0) is 31.5 Å². The van der Waals surface area contributed by atoms with Crippen LogP contribution in [0.25, 0.3) is 5.69 Å². The van der Waals surface area contributed by atoms with Crippen molar-refractivity contribution in [3.8, 4) is 5.69 Å². The van der Waals surface area contributed by atoms with E-state index in [0.717, 1.165) is 43.9 Å². The third kappa shape index (κ3) is 1.70. The summed E-state index contributed by atoms with van der Waals surface area (Å²) in [6.07, 6.45) is 3.54. The SMILES string of the molecule is OC1(c2cnnn2-c2ccccc2)CCN2CCC1C2. The monoisotopic (exact) mass is 270 g/mol. The van der Waals surface area contributed by atoms with Crippen molar-refractivity contribution < 1.29 is 5.11 Å². The number of aromatic nitrogens is 3. The maximum Gasteiger partial charge on any atom is 0.114 e. The molecule has 0 saturated carbocycles. The van der Waals surface area contributed by atoms with Crippen molar-refractivity contribution >= 4 is 0 Å². The molecule has 2 saturated heterocycles. The molecular formula is C15H18N4O. The largest absolute Gasteiger partial charge is 0.383 e. The van der Waals surface area contributed by atoms with Crippen LogP contribution in [0, 0.1) is 5.92 Å². The Labute approximate surface area is 117 Å². The molecule has 1 aromatic heterocycles. The van der Waals surface area contributed by atoms with Crippen molar-refractivity contribution in [2.75, 3.05) is 19.6 Å². The van der Waals surface area contributed by atoms with E-state index < -0.39 is 5.60 Å². The van der Waals surface area contributed by atoms with Crippen LogP contribution in [-0.2, 0) is 5.60 Å². The second kappa shape index (κ2) is 4.40. The van der Waals surface area contributed by atoms with Gasteiger partial charge in [-0.15, -0.1) is 5.10 Å². The zero-order valence-corrected chi connectivity index (χ0v) is 11.3. The molecule has 1 aromatic carbocycles. The Morgan fingerprint density at radius 3 is 2.90 bits per heavy atom. The molecule has 5 heteroatoms. The molecule has 3 unspecified atom stereocenters. The molecule has 2 aromatic rings. The highest BCUT2D eigenvalue weighted by molar-refractivity contribution is 5.33. The zero-order chi connectivity index (χ0) is 13.6. The fourth-order valence-electron chi connectivity index (χ4n) is 3.59. The number of hydrogen-bond donors (Lipinski definition) is 1. The van der Waals surface area contributed by atoms with E-state index in [-0.39, 0.29) is 5.92 Å². The van der Waals surface area contributed by atoms with Gasteiger partial charge in [0.15, 0.2) is 0 Å². The van der Waals surface area contributed by atoms with Crippen molar-refractivity contribution in [2.24, 2.45) is 5.92 Å². The number of piperidine rings is 1. The molecule has 0 amide bonds. The smallest absolute Gasteiger partial charge is 0.114 e. The van der Waals surface area contributed by atoms with Crippen molar-refractivity contribution in [3.05, 3.63) is 42.2 Å². The Morgan fingerprint density at radius 2 is 2.05 bits per heavy atom. The number of para-hydroxylation sites is 1. The second-order valence-electron chi connectivity index (χ2n) is 5.83. The van der Waals surface area contributed by atoms with Gasteiger partial charge in [0, 0.05) is 19.0 Å². The van der Waals surface area contributed by atoms with Gasteiger partial charge in [-0.25, -0.2) is 4.68 Å². The van der Waals surface area contributed by atoms with Crippen molar-refractivity contribution in [1.82, 2.24) is 19.9 Å². The lowest BCUT2D eigenvalue weighted by Gasteiger charge is -2.38. The summed E-state index contributed by atoms with van der Waals surface area (Å²) in [7, 11) is 0. The van der Waals surface area contributed by atoms with Gasteiger partial charge >= 0.3 is 0 Å². The van der Waals surface area contributed by atoms with Crippen LogP contribution in [0.1, 0.15) is 18.5 Å². The average Bonchev–Trinajstić information content (AvgIpc) is 3.13. The summed E-state index contributed by atoms with van der Waals surface area (Å²) in [5, 5.41) is 19.5. The molecule has 2 aliphatic rings. The summed E-state index contributed by atoms with van der Waals surface area (Å²) >= 11 is 0. The second-order valence-corrected chi connectivity index (χ2v) is 5.83. The van der Waals surface area contributed by atoms with Crippen molar-refractivity contribution in [1.29, 1.82) is 0 Å². The number of benzene rings is 1. The first kappa shape index (κ1) is 12.1. The highest BCUT2D eigenvalue weighted by Gasteiger charge is 2.48. The molecule has 2 aliphatic heterocycles. The molecule has 20 heavy (non-hydrogen) atoms. The topological polar surface area (TPSA) is 54.2 Å². The van der Waals surface area contributed by atoms with Gasteiger partial charge in [-0.1, -0.05) is 23.4 Å². The first-order valence-electron chi connectivity index (χ1n) is 7.19. The summed E-state index contributed by atoms with van der Waals surface area (Å²) in [4.78, 5) is 2.43. The van der Waals surface area contributed by atoms with E-state index in [4.69, 9.17) is 0 Å². The molecule has 4 rings (SSSR count). The molecule has 0 aliphatic carbocycles. The quantitative estimate of drug-likeness (QED) is 0.890. The molecule has 3 heterocycles. The van der Waals surface area contributed by atoms with Gasteiger partial charge in [0.2, 0.25) is 0 Å². The van der Waals surface area contributed by atoms with E-state index in [1.165, 1.54) is 0 Å². The predicted molar refractivity (Wildman–Crippen MR) is 74.4 cm³/mol. The summed E-state index contributed by atoms with van der Waals surface area (Å²) in [5.41, 5.74) is 0.982. The fraction of sp³-hybridized carbons (Fsp3) is 0.467. The van der Waals surface area contributed by atoms with Crippen LogP contribution in [0.15, 0.2) is 36.5 Å². The van der Waals surface area contributed by atoms with E-state index in [1.807, 2.05) is 30.3 Å². The molecule has 2 fully saturated rings. The van der Waals surface area contributed by atoms with Crippen molar-refractivity contribution in [3.63, 3.8) is 0 Å². The van der Waals surface area contributed by atoms with E-state index in [0.29, 0.717) is 0 Å². The third-order valence-electron chi connectivity index (χ3n) is 4.75. The molecule has 104 valence electrons. The van der Waals surface area contributed by atoms with E-state index in [9.17, 15) is 5.11 Å². The lowest BCUT2D eigenvalue weighted by atomic mass is 9.80. The first-order chi connectivity index (χ1) is 9.77. The normalized spacial score (nSPS) is 32.5.